The second-order valence-electron chi connectivity index (χ2n) is 7.06. The Morgan fingerprint density at radius 1 is 1.33 bits per heavy atom. The molecule has 132 valence electrons. The lowest BCUT2D eigenvalue weighted by molar-refractivity contribution is -0.00919. The van der Waals surface area contributed by atoms with E-state index in [1.165, 1.54) is 12.8 Å². The first-order valence-corrected chi connectivity index (χ1v) is 8.99. The van der Waals surface area contributed by atoms with Gasteiger partial charge in [0, 0.05) is 12.6 Å². The van der Waals surface area contributed by atoms with E-state index in [0.29, 0.717) is 12.7 Å². The van der Waals surface area contributed by atoms with Crippen molar-refractivity contribution in [2.24, 2.45) is 5.92 Å². The molecule has 2 fully saturated rings. The molecule has 0 radical (unpaired) electrons. The number of aryl methyl sites for hydroxylation is 1. The summed E-state index contributed by atoms with van der Waals surface area (Å²) < 4.78 is 11.6. The number of hydrogen-bond donors (Lipinski definition) is 2. The molecular weight excluding hydrogens is 304 g/mol. The predicted octanol–water partition coefficient (Wildman–Crippen LogP) is 3.02. The summed E-state index contributed by atoms with van der Waals surface area (Å²) in [6.07, 6.45) is 4.72. The average Bonchev–Trinajstić information content (AvgIpc) is 3.39. The number of carbonyl (C=O) groups is 1. The van der Waals surface area contributed by atoms with Gasteiger partial charge in [-0.2, -0.15) is 0 Å². The lowest BCUT2D eigenvalue weighted by atomic mass is 10.0. The Kier molecular flexibility index (Phi) is 5.61. The van der Waals surface area contributed by atoms with Gasteiger partial charge in [0.25, 0.3) is 0 Å². The number of nitrogens with one attached hydrogen (secondary N) is 2. The molecule has 24 heavy (non-hydrogen) atoms. The van der Waals surface area contributed by atoms with Crippen LogP contribution in [0.25, 0.3) is 0 Å². The lowest BCUT2D eigenvalue weighted by Gasteiger charge is -2.30. The summed E-state index contributed by atoms with van der Waals surface area (Å²) in [5, 5.41) is 6.05. The van der Waals surface area contributed by atoms with Crippen molar-refractivity contribution in [1.82, 2.24) is 10.6 Å². The fourth-order valence-electron chi connectivity index (χ4n) is 3.18. The molecule has 1 aromatic carbocycles. The standard InChI is InChI=1S/C19H28N2O3/c1-13-5-3-4-6-17(13)24-12-14(2)20-19(22)21-16-9-10-23-18(11-16)15-7-8-15/h3-6,14-16,18H,7-12H2,1-2H3,(H2,20,21,22)/t14-,16+,18-/m0/s1. The van der Waals surface area contributed by atoms with Crippen molar-refractivity contribution >= 4 is 6.03 Å². The zero-order valence-electron chi connectivity index (χ0n) is 14.6. The fourth-order valence-corrected chi connectivity index (χ4v) is 3.18. The molecule has 1 aromatic rings. The number of ether oxygens (including phenoxy) is 2. The highest BCUT2D eigenvalue weighted by atomic mass is 16.5. The van der Waals surface area contributed by atoms with E-state index in [-0.39, 0.29) is 18.1 Å². The maximum absolute atomic E-state index is 12.2. The van der Waals surface area contributed by atoms with Crippen LogP contribution in [-0.2, 0) is 4.74 Å². The summed E-state index contributed by atoms with van der Waals surface area (Å²) in [5.74, 6) is 1.59. The summed E-state index contributed by atoms with van der Waals surface area (Å²) >= 11 is 0. The van der Waals surface area contributed by atoms with E-state index in [1.807, 2.05) is 38.1 Å². The third-order valence-corrected chi connectivity index (χ3v) is 4.76. The second kappa shape index (κ2) is 7.88. The SMILES string of the molecule is Cc1ccccc1OC[C@H](C)NC(=O)N[C@@H]1CCO[C@H](C2CC2)C1. The van der Waals surface area contributed by atoms with Crippen LogP contribution in [0.4, 0.5) is 4.79 Å². The highest BCUT2D eigenvalue weighted by molar-refractivity contribution is 5.74. The van der Waals surface area contributed by atoms with Crippen LogP contribution in [0, 0.1) is 12.8 Å². The molecule has 3 rings (SSSR count). The van der Waals surface area contributed by atoms with E-state index in [9.17, 15) is 4.79 Å². The summed E-state index contributed by atoms with van der Waals surface area (Å²) in [6.45, 7) is 5.17. The Hall–Kier alpha value is -1.75. The first-order chi connectivity index (χ1) is 11.6. The molecule has 0 aromatic heterocycles. The van der Waals surface area contributed by atoms with Crippen molar-refractivity contribution in [3.63, 3.8) is 0 Å². The quantitative estimate of drug-likeness (QED) is 0.842. The Balaban J connectivity index is 1.38. The molecule has 1 aliphatic heterocycles. The number of rotatable bonds is 6. The van der Waals surface area contributed by atoms with Crippen LogP contribution < -0.4 is 15.4 Å². The van der Waals surface area contributed by atoms with Crippen molar-refractivity contribution in [3.05, 3.63) is 29.8 Å². The van der Waals surface area contributed by atoms with E-state index < -0.39 is 0 Å². The molecule has 0 bridgehead atoms. The zero-order valence-corrected chi connectivity index (χ0v) is 14.6. The van der Waals surface area contributed by atoms with Crippen LogP contribution in [0.15, 0.2) is 24.3 Å². The molecule has 2 aliphatic rings. The molecule has 2 N–H and O–H groups in total. The first kappa shape index (κ1) is 17.1. The van der Waals surface area contributed by atoms with Crippen LogP contribution in [-0.4, -0.2) is 37.4 Å². The topological polar surface area (TPSA) is 59.6 Å². The van der Waals surface area contributed by atoms with Gasteiger partial charge in [-0.1, -0.05) is 18.2 Å². The minimum absolute atomic E-state index is 0.0522. The van der Waals surface area contributed by atoms with E-state index in [4.69, 9.17) is 9.47 Å². The molecular formula is C19H28N2O3. The van der Waals surface area contributed by atoms with Gasteiger partial charge in [-0.25, -0.2) is 4.79 Å². The molecule has 3 atom stereocenters. The molecule has 1 saturated heterocycles. The highest BCUT2D eigenvalue weighted by Crippen LogP contribution is 2.38. The van der Waals surface area contributed by atoms with E-state index in [0.717, 1.165) is 36.7 Å². The van der Waals surface area contributed by atoms with E-state index in [2.05, 4.69) is 10.6 Å². The van der Waals surface area contributed by atoms with Gasteiger partial charge in [0.1, 0.15) is 12.4 Å². The molecule has 1 aliphatic carbocycles. The number of urea groups is 1. The average molecular weight is 332 g/mol. The summed E-state index contributed by atoms with van der Waals surface area (Å²) in [5.41, 5.74) is 1.10. The van der Waals surface area contributed by atoms with E-state index in [1.54, 1.807) is 0 Å². The number of benzene rings is 1. The number of para-hydroxylation sites is 1. The van der Waals surface area contributed by atoms with Gasteiger partial charge < -0.3 is 20.1 Å². The van der Waals surface area contributed by atoms with Gasteiger partial charge in [0.15, 0.2) is 0 Å². The maximum atomic E-state index is 12.2. The molecule has 2 amide bonds. The van der Waals surface area contributed by atoms with Gasteiger partial charge in [-0.05, 0) is 57.1 Å². The number of carbonyl (C=O) groups excluding carboxylic acids is 1. The second-order valence-corrected chi connectivity index (χ2v) is 7.06. The minimum Gasteiger partial charge on any atom is -0.491 e. The van der Waals surface area contributed by atoms with Crippen molar-refractivity contribution in [2.45, 2.75) is 57.7 Å². The summed E-state index contributed by atoms with van der Waals surface area (Å²) in [6, 6.07) is 7.95. The third-order valence-electron chi connectivity index (χ3n) is 4.76. The maximum Gasteiger partial charge on any atom is 0.315 e. The Bertz CT molecular complexity index is 559. The van der Waals surface area contributed by atoms with Gasteiger partial charge >= 0.3 is 6.03 Å². The van der Waals surface area contributed by atoms with Crippen molar-refractivity contribution in [1.29, 1.82) is 0 Å². The number of amides is 2. The smallest absolute Gasteiger partial charge is 0.315 e. The largest absolute Gasteiger partial charge is 0.491 e. The summed E-state index contributed by atoms with van der Waals surface area (Å²) in [7, 11) is 0. The molecule has 0 spiro atoms. The third kappa shape index (κ3) is 4.87. The Morgan fingerprint density at radius 3 is 2.88 bits per heavy atom. The molecule has 5 heteroatoms. The minimum atomic E-state index is -0.114. The Labute approximate surface area is 144 Å². The lowest BCUT2D eigenvalue weighted by Crippen LogP contribution is -2.49. The normalized spacial score (nSPS) is 24.9. The molecule has 5 nitrogen and oxygen atoms in total. The van der Waals surface area contributed by atoms with Gasteiger partial charge in [-0.15, -0.1) is 0 Å². The van der Waals surface area contributed by atoms with Crippen LogP contribution in [0.2, 0.25) is 0 Å². The monoisotopic (exact) mass is 332 g/mol. The molecule has 1 heterocycles. The van der Waals surface area contributed by atoms with E-state index >= 15 is 0 Å². The summed E-state index contributed by atoms with van der Waals surface area (Å²) in [4.78, 5) is 12.2. The van der Waals surface area contributed by atoms with Crippen LogP contribution in [0.3, 0.4) is 0 Å². The van der Waals surface area contributed by atoms with Gasteiger partial charge in [0.05, 0.1) is 12.1 Å². The number of hydrogen-bond acceptors (Lipinski definition) is 3. The van der Waals surface area contributed by atoms with Crippen LogP contribution in [0.1, 0.15) is 38.2 Å². The predicted molar refractivity (Wildman–Crippen MR) is 93.3 cm³/mol. The van der Waals surface area contributed by atoms with Crippen molar-refractivity contribution in [2.75, 3.05) is 13.2 Å². The van der Waals surface area contributed by atoms with Gasteiger partial charge in [0.2, 0.25) is 0 Å². The fraction of sp³-hybridized carbons (Fsp3) is 0.632. The van der Waals surface area contributed by atoms with Crippen LogP contribution in [0.5, 0.6) is 5.75 Å². The van der Waals surface area contributed by atoms with Crippen LogP contribution >= 0.6 is 0 Å². The highest BCUT2D eigenvalue weighted by Gasteiger charge is 2.36. The molecule has 1 saturated carbocycles. The van der Waals surface area contributed by atoms with Crippen molar-refractivity contribution < 1.29 is 14.3 Å². The van der Waals surface area contributed by atoms with Crippen molar-refractivity contribution in [3.8, 4) is 5.75 Å². The zero-order chi connectivity index (χ0) is 16.9. The molecule has 0 unspecified atom stereocenters. The Morgan fingerprint density at radius 2 is 2.12 bits per heavy atom. The van der Waals surface area contributed by atoms with Gasteiger partial charge in [-0.3, -0.25) is 0 Å². The first-order valence-electron chi connectivity index (χ1n) is 8.99.